The Morgan fingerprint density at radius 1 is 1.25 bits per heavy atom. The first-order valence-corrected chi connectivity index (χ1v) is 8.27. The molecule has 4 amide bonds. The quantitative estimate of drug-likeness (QED) is 0.750. The fourth-order valence-corrected chi connectivity index (χ4v) is 2.67. The molecular formula is C18H25N3O3. The lowest BCUT2D eigenvalue weighted by Gasteiger charge is -2.16. The van der Waals surface area contributed by atoms with Gasteiger partial charge in [0.15, 0.2) is 0 Å². The van der Waals surface area contributed by atoms with Gasteiger partial charge in [0.1, 0.15) is 5.54 Å². The van der Waals surface area contributed by atoms with Gasteiger partial charge in [-0.1, -0.05) is 37.3 Å². The van der Waals surface area contributed by atoms with Gasteiger partial charge < -0.3 is 10.6 Å². The molecular weight excluding hydrogens is 306 g/mol. The van der Waals surface area contributed by atoms with Crippen molar-refractivity contribution in [1.29, 1.82) is 0 Å². The minimum atomic E-state index is -0.857. The van der Waals surface area contributed by atoms with Crippen molar-refractivity contribution >= 4 is 17.8 Å². The van der Waals surface area contributed by atoms with Gasteiger partial charge in [-0.25, -0.2) is 4.79 Å². The van der Waals surface area contributed by atoms with Gasteiger partial charge in [-0.2, -0.15) is 0 Å². The summed E-state index contributed by atoms with van der Waals surface area (Å²) in [6.07, 6.45) is 0.750. The Labute approximate surface area is 142 Å². The highest BCUT2D eigenvalue weighted by atomic mass is 16.2. The number of urea groups is 1. The van der Waals surface area contributed by atoms with Crippen molar-refractivity contribution in [2.24, 2.45) is 0 Å². The minimum absolute atomic E-state index is 0.0657. The number of benzene rings is 1. The summed E-state index contributed by atoms with van der Waals surface area (Å²) >= 11 is 0. The number of amides is 4. The highest BCUT2D eigenvalue weighted by Crippen LogP contribution is 2.17. The van der Waals surface area contributed by atoms with Gasteiger partial charge in [0.2, 0.25) is 5.91 Å². The molecule has 1 aromatic rings. The van der Waals surface area contributed by atoms with Crippen molar-refractivity contribution < 1.29 is 14.4 Å². The van der Waals surface area contributed by atoms with E-state index in [4.69, 9.17) is 0 Å². The Hall–Kier alpha value is -2.37. The van der Waals surface area contributed by atoms with E-state index in [1.807, 2.05) is 30.3 Å². The molecule has 1 fully saturated rings. The van der Waals surface area contributed by atoms with E-state index in [1.165, 1.54) is 10.5 Å². The van der Waals surface area contributed by atoms with Gasteiger partial charge in [0.05, 0.1) is 0 Å². The van der Waals surface area contributed by atoms with Crippen LogP contribution in [0.5, 0.6) is 0 Å². The first-order chi connectivity index (χ1) is 11.3. The smallest absolute Gasteiger partial charge is 0.325 e. The number of hydrogen-bond donors (Lipinski definition) is 2. The third-order valence-corrected chi connectivity index (χ3v) is 4.20. The van der Waals surface area contributed by atoms with Gasteiger partial charge in [-0.15, -0.1) is 0 Å². The van der Waals surface area contributed by atoms with Crippen LogP contribution in [0.15, 0.2) is 30.3 Å². The molecule has 1 aliphatic rings. The van der Waals surface area contributed by atoms with E-state index in [2.05, 4.69) is 17.6 Å². The molecule has 1 atom stereocenters. The van der Waals surface area contributed by atoms with Crippen LogP contribution in [-0.4, -0.2) is 41.4 Å². The maximum Gasteiger partial charge on any atom is 0.325 e. The summed E-state index contributed by atoms with van der Waals surface area (Å²) in [5, 5.41) is 5.53. The summed E-state index contributed by atoms with van der Waals surface area (Å²) < 4.78 is 0. The second-order valence-corrected chi connectivity index (χ2v) is 6.73. The average molecular weight is 331 g/mol. The Kier molecular flexibility index (Phi) is 5.59. The molecule has 6 heteroatoms. The average Bonchev–Trinajstić information content (AvgIpc) is 2.75. The molecule has 0 bridgehead atoms. The molecule has 0 unspecified atom stereocenters. The number of nitrogens with one attached hydrogen (secondary N) is 2. The van der Waals surface area contributed by atoms with Crippen molar-refractivity contribution in [2.45, 2.75) is 45.1 Å². The van der Waals surface area contributed by atoms with Crippen LogP contribution in [-0.2, 0) is 9.59 Å². The Balaban J connectivity index is 1.70. The molecule has 0 aromatic heterocycles. The van der Waals surface area contributed by atoms with Crippen LogP contribution in [0.3, 0.4) is 0 Å². The topological polar surface area (TPSA) is 78.5 Å². The first kappa shape index (κ1) is 18.0. The fraction of sp³-hybridized carbons (Fsp3) is 0.500. The SMILES string of the molecule is C[C@H](CNC(=O)CCCN1C(=O)NC(C)(C)C1=O)c1ccccc1. The van der Waals surface area contributed by atoms with E-state index in [1.54, 1.807) is 13.8 Å². The van der Waals surface area contributed by atoms with Crippen LogP contribution in [0, 0.1) is 0 Å². The van der Waals surface area contributed by atoms with E-state index in [0.29, 0.717) is 19.4 Å². The second-order valence-electron chi connectivity index (χ2n) is 6.73. The maximum atomic E-state index is 12.0. The molecule has 2 N–H and O–H groups in total. The van der Waals surface area contributed by atoms with E-state index in [-0.39, 0.29) is 30.3 Å². The molecule has 130 valence electrons. The predicted octanol–water partition coefficient (Wildman–Crippen LogP) is 2.02. The molecule has 6 nitrogen and oxygen atoms in total. The zero-order chi connectivity index (χ0) is 17.7. The summed E-state index contributed by atoms with van der Waals surface area (Å²) in [5.41, 5.74) is 0.323. The number of rotatable bonds is 7. The van der Waals surface area contributed by atoms with Gasteiger partial charge in [0, 0.05) is 19.5 Å². The van der Waals surface area contributed by atoms with E-state index >= 15 is 0 Å². The van der Waals surface area contributed by atoms with Crippen LogP contribution < -0.4 is 10.6 Å². The predicted molar refractivity (Wildman–Crippen MR) is 91.4 cm³/mol. The van der Waals surface area contributed by atoms with Crippen LogP contribution in [0.1, 0.15) is 45.1 Å². The fourth-order valence-electron chi connectivity index (χ4n) is 2.67. The largest absolute Gasteiger partial charge is 0.356 e. The highest BCUT2D eigenvalue weighted by Gasteiger charge is 2.43. The zero-order valence-corrected chi connectivity index (χ0v) is 14.5. The molecule has 0 radical (unpaired) electrons. The van der Waals surface area contributed by atoms with Crippen LogP contribution in [0.4, 0.5) is 4.79 Å². The number of imide groups is 1. The van der Waals surface area contributed by atoms with Crippen LogP contribution in [0.25, 0.3) is 0 Å². The molecule has 1 saturated heterocycles. The van der Waals surface area contributed by atoms with Crippen molar-refractivity contribution in [3.05, 3.63) is 35.9 Å². The maximum absolute atomic E-state index is 12.0. The van der Waals surface area contributed by atoms with Crippen molar-refractivity contribution in [2.75, 3.05) is 13.1 Å². The summed E-state index contributed by atoms with van der Waals surface area (Å²) in [5.74, 6) is -0.0726. The third kappa shape index (κ3) is 4.34. The van der Waals surface area contributed by atoms with E-state index in [9.17, 15) is 14.4 Å². The lowest BCUT2D eigenvalue weighted by Crippen LogP contribution is -2.40. The normalized spacial score (nSPS) is 17.5. The molecule has 1 heterocycles. The molecule has 0 aliphatic carbocycles. The van der Waals surface area contributed by atoms with Crippen LogP contribution in [0.2, 0.25) is 0 Å². The standard InChI is InChI=1S/C18H25N3O3/c1-13(14-8-5-4-6-9-14)12-19-15(22)10-7-11-21-16(23)18(2,3)20-17(21)24/h4-6,8-9,13H,7,10-12H2,1-3H3,(H,19,22)(H,20,24)/t13-/m1/s1. The summed E-state index contributed by atoms with van der Waals surface area (Å²) in [6, 6.07) is 9.61. The van der Waals surface area contributed by atoms with E-state index in [0.717, 1.165) is 0 Å². The van der Waals surface area contributed by atoms with Gasteiger partial charge in [0.25, 0.3) is 5.91 Å². The number of carbonyl (C=O) groups excluding carboxylic acids is 3. The Bertz CT molecular complexity index is 613. The minimum Gasteiger partial charge on any atom is -0.356 e. The lowest BCUT2D eigenvalue weighted by atomic mass is 10.0. The number of nitrogens with zero attached hydrogens (tertiary/aromatic N) is 1. The lowest BCUT2D eigenvalue weighted by molar-refractivity contribution is -0.130. The monoisotopic (exact) mass is 331 g/mol. The number of carbonyl (C=O) groups is 3. The molecule has 2 rings (SSSR count). The number of hydrogen-bond acceptors (Lipinski definition) is 3. The Morgan fingerprint density at radius 3 is 2.50 bits per heavy atom. The summed E-state index contributed by atoms with van der Waals surface area (Å²) in [4.78, 5) is 36.9. The van der Waals surface area contributed by atoms with Crippen LogP contribution >= 0.6 is 0 Å². The Morgan fingerprint density at radius 2 is 1.92 bits per heavy atom. The summed E-state index contributed by atoms with van der Waals surface area (Å²) in [7, 11) is 0. The first-order valence-electron chi connectivity index (χ1n) is 8.27. The summed E-state index contributed by atoms with van der Waals surface area (Å²) in [6.45, 7) is 6.23. The van der Waals surface area contributed by atoms with Crippen molar-refractivity contribution in [3.8, 4) is 0 Å². The van der Waals surface area contributed by atoms with Gasteiger partial charge in [-0.05, 0) is 31.7 Å². The molecule has 24 heavy (non-hydrogen) atoms. The molecule has 0 spiro atoms. The zero-order valence-electron chi connectivity index (χ0n) is 14.5. The highest BCUT2D eigenvalue weighted by molar-refractivity contribution is 6.06. The molecule has 0 saturated carbocycles. The van der Waals surface area contributed by atoms with E-state index < -0.39 is 5.54 Å². The van der Waals surface area contributed by atoms with Gasteiger partial charge in [-0.3, -0.25) is 14.5 Å². The second kappa shape index (κ2) is 7.47. The van der Waals surface area contributed by atoms with Crippen molar-refractivity contribution in [3.63, 3.8) is 0 Å². The molecule has 1 aliphatic heterocycles. The van der Waals surface area contributed by atoms with Crippen molar-refractivity contribution in [1.82, 2.24) is 15.5 Å². The third-order valence-electron chi connectivity index (χ3n) is 4.20. The molecule has 1 aromatic carbocycles. The van der Waals surface area contributed by atoms with Gasteiger partial charge >= 0.3 is 6.03 Å².